The van der Waals surface area contributed by atoms with Crippen molar-refractivity contribution in [2.45, 2.75) is 58.6 Å². The highest BCUT2D eigenvalue weighted by atomic mass is 16.5. The van der Waals surface area contributed by atoms with Gasteiger partial charge in [0.15, 0.2) is 11.5 Å². The molecule has 0 aromatic carbocycles. The van der Waals surface area contributed by atoms with E-state index in [1.54, 1.807) is 0 Å². The van der Waals surface area contributed by atoms with Gasteiger partial charge in [0, 0.05) is 18.2 Å². The molecule has 0 aliphatic heterocycles. The number of aliphatic hydroxyl groups is 1. The van der Waals surface area contributed by atoms with Crippen LogP contribution < -0.4 is 5.32 Å². The van der Waals surface area contributed by atoms with Gasteiger partial charge in [0.05, 0.1) is 0 Å². The maximum Gasteiger partial charge on any atom is 0.273 e. The molecule has 0 saturated carbocycles. The van der Waals surface area contributed by atoms with Crippen molar-refractivity contribution in [1.82, 2.24) is 15.4 Å². The van der Waals surface area contributed by atoms with Gasteiger partial charge in [-0.25, -0.2) is 0 Å². The van der Waals surface area contributed by atoms with Crippen molar-refractivity contribution in [2.24, 2.45) is 0 Å². The zero-order valence-corrected chi connectivity index (χ0v) is 14.2. The number of hydrogen-bond acceptors (Lipinski definition) is 5. The fourth-order valence-corrected chi connectivity index (χ4v) is 2.64. The van der Waals surface area contributed by atoms with Gasteiger partial charge in [-0.15, -0.1) is 0 Å². The summed E-state index contributed by atoms with van der Waals surface area (Å²) in [4.78, 5) is 14.5. The maximum absolute atomic E-state index is 12.2. The van der Waals surface area contributed by atoms with Gasteiger partial charge in [0.25, 0.3) is 5.91 Å². The van der Waals surface area contributed by atoms with E-state index in [2.05, 4.69) is 43.2 Å². The van der Waals surface area contributed by atoms with Crippen LogP contribution in [0.15, 0.2) is 10.6 Å². The Labute approximate surface area is 132 Å². The van der Waals surface area contributed by atoms with Crippen LogP contribution in [0.25, 0.3) is 0 Å². The topological polar surface area (TPSA) is 78.6 Å². The van der Waals surface area contributed by atoms with Gasteiger partial charge in [-0.1, -0.05) is 32.3 Å². The molecule has 0 radical (unpaired) electrons. The predicted molar refractivity (Wildman–Crippen MR) is 85.6 cm³/mol. The zero-order chi connectivity index (χ0) is 16.6. The molecule has 0 fully saturated rings. The molecule has 0 saturated heterocycles. The SMILES string of the molecule is CCCCN(C)C(CC)(CC)CNC(=O)c1cc(CO)on1. The van der Waals surface area contributed by atoms with Crippen molar-refractivity contribution in [3.05, 3.63) is 17.5 Å². The summed E-state index contributed by atoms with van der Waals surface area (Å²) < 4.78 is 4.85. The Morgan fingerprint density at radius 3 is 2.59 bits per heavy atom. The first kappa shape index (κ1) is 18.6. The quantitative estimate of drug-likeness (QED) is 0.692. The third-order valence-electron chi connectivity index (χ3n) is 4.50. The van der Waals surface area contributed by atoms with Crippen molar-refractivity contribution in [3.8, 4) is 0 Å². The van der Waals surface area contributed by atoms with E-state index in [1.165, 1.54) is 6.07 Å². The molecule has 0 aliphatic carbocycles. The summed E-state index contributed by atoms with van der Waals surface area (Å²) in [6.07, 6.45) is 4.23. The molecule has 6 nitrogen and oxygen atoms in total. The van der Waals surface area contributed by atoms with E-state index in [9.17, 15) is 4.79 Å². The molecule has 1 rings (SSSR count). The number of carbonyl (C=O) groups is 1. The number of rotatable bonds is 10. The first-order valence-corrected chi connectivity index (χ1v) is 8.08. The molecule has 6 heteroatoms. The Balaban J connectivity index is 2.68. The molecular formula is C16H29N3O3. The minimum atomic E-state index is -0.265. The molecular weight excluding hydrogens is 282 g/mol. The minimum absolute atomic E-state index is 0.0472. The summed E-state index contributed by atoms with van der Waals surface area (Å²) >= 11 is 0. The molecule has 0 aliphatic rings. The number of nitrogens with zero attached hydrogens (tertiary/aromatic N) is 2. The number of unbranched alkanes of at least 4 members (excludes halogenated alkanes) is 1. The smallest absolute Gasteiger partial charge is 0.273 e. The molecule has 0 spiro atoms. The number of likely N-dealkylation sites (N-methyl/N-ethyl adjacent to an activating group) is 1. The lowest BCUT2D eigenvalue weighted by Gasteiger charge is -2.41. The van der Waals surface area contributed by atoms with E-state index in [0.717, 1.165) is 32.2 Å². The van der Waals surface area contributed by atoms with Gasteiger partial charge in [0.1, 0.15) is 6.61 Å². The van der Waals surface area contributed by atoms with Crippen LogP contribution in [-0.4, -0.2) is 46.7 Å². The molecule has 0 unspecified atom stereocenters. The molecule has 1 heterocycles. The van der Waals surface area contributed by atoms with Crippen LogP contribution in [-0.2, 0) is 6.61 Å². The van der Waals surface area contributed by atoms with Crippen molar-refractivity contribution >= 4 is 5.91 Å². The van der Waals surface area contributed by atoms with Gasteiger partial charge >= 0.3 is 0 Å². The second kappa shape index (κ2) is 8.90. The minimum Gasteiger partial charge on any atom is -0.388 e. The Kier molecular flexibility index (Phi) is 7.55. The maximum atomic E-state index is 12.2. The first-order valence-electron chi connectivity index (χ1n) is 8.08. The van der Waals surface area contributed by atoms with Gasteiger partial charge < -0.3 is 14.9 Å². The van der Waals surface area contributed by atoms with Crippen molar-refractivity contribution in [1.29, 1.82) is 0 Å². The summed E-state index contributed by atoms with van der Waals surface area (Å²) in [5.74, 6) is 0.0288. The monoisotopic (exact) mass is 311 g/mol. The van der Waals surface area contributed by atoms with E-state index in [0.29, 0.717) is 12.3 Å². The zero-order valence-electron chi connectivity index (χ0n) is 14.2. The normalized spacial score (nSPS) is 11.9. The van der Waals surface area contributed by atoms with Gasteiger partial charge in [0.2, 0.25) is 0 Å². The van der Waals surface area contributed by atoms with Crippen LogP contribution in [0.4, 0.5) is 0 Å². The summed E-state index contributed by atoms with van der Waals surface area (Å²) in [5.41, 5.74) is 0.162. The molecule has 126 valence electrons. The number of hydrogen-bond donors (Lipinski definition) is 2. The number of amides is 1. The van der Waals surface area contributed by atoms with Crippen molar-refractivity contribution in [3.63, 3.8) is 0 Å². The molecule has 1 amide bonds. The summed E-state index contributed by atoms with van der Waals surface area (Å²) in [6.45, 7) is 7.82. The Morgan fingerprint density at radius 1 is 1.41 bits per heavy atom. The molecule has 0 bridgehead atoms. The average molecular weight is 311 g/mol. The number of carbonyl (C=O) groups excluding carboxylic acids is 1. The van der Waals surface area contributed by atoms with E-state index in [-0.39, 0.29) is 23.7 Å². The van der Waals surface area contributed by atoms with Crippen molar-refractivity contribution in [2.75, 3.05) is 20.1 Å². The lowest BCUT2D eigenvalue weighted by Crippen LogP contribution is -2.53. The van der Waals surface area contributed by atoms with Gasteiger partial charge in [-0.2, -0.15) is 0 Å². The lowest BCUT2D eigenvalue weighted by atomic mass is 9.90. The molecule has 1 aromatic heterocycles. The Bertz CT molecular complexity index is 455. The average Bonchev–Trinajstić information content (AvgIpc) is 3.03. The van der Waals surface area contributed by atoms with Gasteiger partial charge in [-0.05, 0) is 32.9 Å². The van der Waals surface area contributed by atoms with Gasteiger partial charge in [-0.3, -0.25) is 9.69 Å². The third-order valence-corrected chi connectivity index (χ3v) is 4.50. The van der Waals surface area contributed by atoms with Crippen LogP contribution >= 0.6 is 0 Å². The highest BCUT2D eigenvalue weighted by molar-refractivity contribution is 5.92. The van der Waals surface area contributed by atoms with Crippen LogP contribution in [0.1, 0.15) is 62.7 Å². The van der Waals surface area contributed by atoms with Crippen LogP contribution in [0, 0.1) is 0 Å². The van der Waals surface area contributed by atoms with E-state index < -0.39 is 0 Å². The number of nitrogens with one attached hydrogen (secondary N) is 1. The predicted octanol–water partition coefficient (Wildman–Crippen LogP) is 2.19. The summed E-state index contributed by atoms with van der Waals surface area (Å²) in [5, 5.41) is 15.6. The Morgan fingerprint density at radius 2 is 2.09 bits per heavy atom. The second-order valence-electron chi connectivity index (χ2n) is 5.73. The largest absolute Gasteiger partial charge is 0.388 e. The first-order chi connectivity index (χ1) is 10.5. The van der Waals surface area contributed by atoms with E-state index in [1.807, 2.05) is 0 Å². The number of aromatic nitrogens is 1. The highest BCUT2D eigenvalue weighted by Gasteiger charge is 2.31. The molecule has 22 heavy (non-hydrogen) atoms. The van der Waals surface area contributed by atoms with Crippen LogP contribution in [0.5, 0.6) is 0 Å². The van der Waals surface area contributed by atoms with Crippen LogP contribution in [0.2, 0.25) is 0 Å². The fraction of sp³-hybridized carbons (Fsp3) is 0.750. The molecule has 2 N–H and O–H groups in total. The summed E-state index contributed by atoms with van der Waals surface area (Å²) in [7, 11) is 2.12. The second-order valence-corrected chi connectivity index (χ2v) is 5.73. The van der Waals surface area contributed by atoms with Crippen molar-refractivity contribution < 1.29 is 14.4 Å². The highest BCUT2D eigenvalue weighted by Crippen LogP contribution is 2.22. The molecule has 1 aromatic rings. The number of aliphatic hydroxyl groups excluding tert-OH is 1. The van der Waals surface area contributed by atoms with E-state index in [4.69, 9.17) is 9.63 Å². The Hall–Kier alpha value is -1.40. The van der Waals surface area contributed by atoms with E-state index >= 15 is 0 Å². The standard InChI is InChI=1S/C16H29N3O3/c1-5-8-9-19(4)16(6-2,7-3)12-17-15(21)14-10-13(11-20)22-18-14/h10,20H,5-9,11-12H2,1-4H3,(H,17,21). The fourth-order valence-electron chi connectivity index (χ4n) is 2.64. The molecule has 0 atom stereocenters. The third kappa shape index (κ3) is 4.55. The lowest BCUT2D eigenvalue weighted by molar-refractivity contribution is 0.0814. The van der Waals surface area contributed by atoms with Crippen LogP contribution in [0.3, 0.4) is 0 Å². The summed E-state index contributed by atoms with van der Waals surface area (Å²) in [6, 6.07) is 1.47.